The fourth-order valence-electron chi connectivity index (χ4n) is 3.77. The molecule has 0 aromatic heterocycles. The summed E-state index contributed by atoms with van der Waals surface area (Å²) in [5.74, 6) is 1.90. The first-order valence-electron chi connectivity index (χ1n) is 10.3. The van der Waals surface area contributed by atoms with Crippen LogP contribution in [0.2, 0.25) is 0 Å². The van der Waals surface area contributed by atoms with E-state index in [-0.39, 0.29) is 34.9 Å². The summed E-state index contributed by atoms with van der Waals surface area (Å²) in [6, 6.07) is 8.26. The van der Waals surface area contributed by atoms with Crippen molar-refractivity contribution in [3.8, 4) is 5.75 Å². The second-order valence-corrected chi connectivity index (χ2v) is 8.84. The second kappa shape index (κ2) is 10.3. The number of aliphatic imine (C=N–C) groups is 1. The van der Waals surface area contributed by atoms with Gasteiger partial charge in [0.1, 0.15) is 12.4 Å². The summed E-state index contributed by atoms with van der Waals surface area (Å²) in [5.41, 5.74) is 1.52. The molecular weight excluding hydrogens is 479 g/mol. The number of nitrogens with zero attached hydrogens (tertiary/aromatic N) is 3. The Morgan fingerprint density at radius 3 is 2.48 bits per heavy atom. The first-order valence-corrected chi connectivity index (χ1v) is 10.3. The zero-order chi connectivity index (χ0) is 20.2. The molecule has 0 bridgehead atoms. The Balaban J connectivity index is 0.00000300. The summed E-state index contributed by atoms with van der Waals surface area (Å²) in [5, 5.41) is 3.53. The minimum atomic E-state index is 0. The Bertz CT molecular complexity index is 687. The van der Waals surface area contributed by atoms with Crippen LogP contribution in [-0.2, 0) is 11.3 Å². The van der Waals surface area contributed by atoms with Crippen LogP contribution >= 0.6 is 24.0 Å². The van der Waals surface area contributed by atoms with Crippen LogP contribution in [0, 0.1) is 5.41 Å². The summed E-state index contributed by atoms with van der Waals surface area (Å²) in [4.78, 5) is 9.26. The number of morpholine rings is 1. The molecule has 2 heterocycles. The highest BCUT2D eigenvalue weighted by Gasteiger charge is 2.53. The Morgan fingerprint density at radius 1 is 1.17 bits per heavy atom. The molecule has 0 saturated carbocycles. The molecule has 2 aliphatic heterocycles. The third-order valence-electron chi connectivity index (χ3n) is 6.53. The van der Waals surface area contributed by atoms with Crippen LogP contribution < -0.4 is 10.1 Å². The van der Waals surface area contributed by atoms with E-state index in [1.807, 2.05) is 13.1 Å². The molecule has 0 amide bonds. The average molecular weight is 516 g/mol. The predicted molar refractivity (Wildman–Crippen MR) is 129 cm³/mol. The standard InChI is InChI=1S/C22H36N4O2.HI/c1-21(2)17-26(22(21,3)4)20(23-5)24-16-18-8-6-7-9-19(18)28-15-12-25-10-13-27-14-11-25;/h6-9H,10-17H2,1-5H3,(H,23,24);1H. The second-order valence-electron chi connectivity index (χ2n) is 8.84. The molecule has 1 aromatic rings. The minimum Gasteiger partial charge on any atom is -0.492 e. The van der Waals surface area contributed by atoms with E-state index in [4.69, 9.17) is 9.47 Å². The van der Waals surface area contributed by atoms with Gasteiger partial charge in [0.15, 0.2) is 5.96 Å². The highest BCUT2D eigenvalue weighted by molar-refractivity contribution is 14.0. The van der Waals surface area contributed by atoms with Gasteiger partial charge in [-0.3, -0.25) is 9.89 Å². The third kappa shape index (κ3) is 5.55. The number of likely N-dealkylation sites (tertiary alicyclic amines) is 1. The van der Waals surface area contributed by atoms with Crippen molar-refractivity contribution in [2.24, 2.45) is 10.4 Å². The van der Waals surface area contributed by atoms with Gasteiger partial charge in [0.2, 0.25) is 0 Å². The van der Waals surface area contributed by atoms with Crippen molar-refractivity contribution < 1.29 is 9.47 Å². The summed E-state index contributed by atoms with van der Waals surface area (Å²) in [6.07, 6.45) is 0. The van der Waals surface area contributed by atoms with E-state index in [0.717, 1.165) is 56.7 Å². The first-order chi connectivity index (χ1) is 13.3. The molecule has 2 aliphatic rings. The number of benzene rings is 1. The number of nitrogens with one attached hydrogen (secondary N) is 1. The fraction of sp³-hybridized carbons (Fsp3) is 0.682. The Morgan fingerprint density at radius 2 is 1.86 bits per heavy atom. The molecule has 0 aliphatic carbocycles. The molecule has 0 spiro atoms. The molecule has 3 rings (SSSR count). The van der Waals surface area contributed by atoms with Gasteiger partial charge in [0.25, 0.3) is 0 Å². The monoisotopic (exact) mass is 516 g/mol. The zero-order valence-corrected chi connectivity index (χ0v) is 20.9. The minimum absolute atomic E-state index is 0. The molecule has 164 valence electrons. The van der Waals surface area contributed by atoms with E-state index < -0.39 is 0 Å². The van der Waals surface area contributed by atoms with Crippen LogP contribution in [0.5, 0.6) is 5.75 Å². The van der Waals surface area contributed by atoms with Crippen molar-refractivity contribution in [2.75, 3.05) is 53.0 Å². The molecule has 1 aromatic carbocycles. The van der Waals surface area contributed by atoms with Crippen LogP contribution in [0.25, 0.3) is 0 Å². The van der Waals surface area contributed by atoms with Crippen LogP contribution in [0.1, 0.15) is 33.3 Å². The maximum absolute atomic E-state index is 6.10. The highest BCUT2D eigenvalue weighted by Crippen LogP contribution is 2.46. The molecule has 29 heavy (non-hydrogen) atoms. The van der Waals surface area contributed by atoms with Gasteiger partial charge in [-0.25, -0.2) is 0 Å². The molecule has 1 N–H and O–H groups in total. The predicted octanol–water partition coefficient (Wildman–Crippen LogP) is 3.21. The highest BCUT2D eigenvalue weighted by atomic mass is 127. The molecule has 0 atom stereocenters. The first kappa shape index (κ1) is 24.2. The van der Waals surface area contributed by atoms with Gasteiger partial charge in [0, 0.05) is 56.3 Å². The molecule has 6 nitrogen and oxygen atoms in total. The van der Waals surface area contributed by atoms with Gasteiger partial charge in [0.05, 0.1) is 13.2 Å². The van der Waals surface area contributed by atoms with Gasteiger partial charge in [-0.15, -0.1) is 24.0 Å². The summed E-state index contributed by atoms with van der Waals surface area (Å²) < 4.78 is 11.5. The number of hydrogen-bond donors (Lipinski definition) is 1. The molecule has 0 unspecified atom stereocenters. The van der Waals surface area contributed by atoms with Crippen molar-refractivity contribution in [2.45, 2.75) is 39.8 Å². The van der Waals surface area contributed by atoms with E-state index >= 15 is 0 Å². The van der Waals surface area contributed by atoms with Gasteiger partial charge >= 0.3 is 0 Å². The zero-order valence-electron chi connectivity index (χ0n) is 18.5. The lowest BCUT2D eigenvalue weighted by Gasteiger charge is -2.62. The summed E-state index contributed by atoms with van der Waals surface area (Å²) in [6.45, 7) is 16.2. The maximum atomic E-state index is 6.10. The number of para-hydroxylation sites is 1. The molecule has 7 heteroatoms. The molecule has 2 fully saturated rings. The lowest BCUT2D eigenvalue weighted by atomic mass is 9.65. The van der Waals surface area contributed by atoms with Crippen LogP contribution in [0.15, 0.2) is 29.3 Å². The quantitative estimate of drug-likeness (QED) is 0.358. The third-order valence-corrected chi connectivity index (χ3v) is 6.53. The maximum Gasteiger partial charge on any atom is 0.194 e. The Hall–Kier alpha value is -1.06. The SMILES string of the molecule is CN=C(NCc1ccccc1OCCN1CCOCC1)N1CC(C)(C)C1(C)C.I. The number of halogens is 1. The summed E-state index contributed by atoms with van der Waals surface area (Å²) >= 11 is 0. The lowest BCUT2D eigenvalue weighted by Crippen LogP contribution is -2.72. The van der Waals surface area contributed by atoms with E-state index in [2.05, 4.69) is 66.0 Å². The lowest BCUT2D eigenvalue weighted by molar-refractivity contribution is -0.0668. The normalized spacial score (nSPS) is 21.1. The van der Waals surface area contributed by atoms with E-state index in [1.165, 1.54) is 0 Å². The fourth-order valence-corrected chi connectivity index (χ4v) is 3.77. The van der Waals surface area contributed by atoms with E-state index in [1.54, 1.807) is 0 Å². The van der Waals surface area contributed by atoms with Gasteiger partial charge < -0.3 is 19.7 Å². The number of hydrogen-bond acceptors (Lipinski definition) is 4. The largest absolute Gasteiger partial charge is 0.492 e. The van der Waals surface area contributed by atoms with Crippen molar-refractivity contribution in [1.82, 2.24) is 15.1 Å². The van der Waals surface area contributed by atoms with Crippen LogP contribution in [-0.4, -0.2) is 74.3 Å². The number of ether oxygens (including phenoxy) is 2. The average Bonchev–Trinajstić information content (AvgIpc) is 2.69. The molecular formula is C22H37IN4O2. The Labute approximate surface area is 193 Å². The molecule has 2 saturated heterocycles. The molecule has 0 radical (unpaired) electrons. The number of rotatable bonds is 6. The van der Waals surface area contributed by atoms with Crippen LogP contribution in [0.4, 0.5) is 0 Å². The van der Waals surface area contributed by atoms with Crippen molar-refractivity contribution in [3.05, 3.63) is 29.8 Å². The van der Waals surface area contributed by atoms with Crippen LogP contribution in [0.3, 0.4) is 0 Å². The van der Waals surface area contributed by atoms with Crippen molar-refractivity contribution in [1.29, 1.82) is 0 Å². The van der Waals surface area contributed by atoms with Gasteiger partial charge in [-0.2, -0.15) is 0 Å². The van der Waals surface area contributed by atoms with Crippen molar-refractivity contribution >= 4 is 29.9 Å². The number of guanidine groups is 1. The van der Waals surface area contributed by atoms with Gasteiger partial charge in [-0.05, 0) is 19.9 Å². The Kier molecular flexibility index (Phi) is 8.60. The topological polar surface area (TPSA) is 49.3 Å². The van der Waals surface area contributed by atoms with E-state index in [0.29, 0.717) is 13.2 Å². The smallest absolute Gasteiger partial charge is 0.194 e. The van der Waals surface area contributed by atoms with Gasteiger partial charge in [-0.1, -0.05) is 32.0 Å². The van der Waals surface area contributed by atoms with E-state index in [9.17, 15) is 0 Å². The van der Waals surface area contributed by atoms with Crippen molar-refractivity contribution in [3.63, 3.8) is 0 Å². The summed E-state index contributed by atoms with van der Waals surface area (Å²) in [7, 11) is 1.86.